The van der Waals surface area contributed by atoms with Gasteiger partial charge in [0.1, 0.15) is 0 Å². The molecule has 110 valence electrons. The van der Waals surface area contributed by atoms with E-state index in [0.717, 1.165) is 18.4 Å². The molecular weight excluding hydrogens is 270 g/mol. The first-order chi connectivity index (χ1) is 9.54. The van der Waals surface area contributed by atoms with Crippen LogP contribution < -0.4 is 5.32 Å². The second kappa shape index (κ2) is 7.02. The van der Waals surface area contributed by atoms with Crippen LogP contribution in [0.2, 0.25) is 0 Å². The van der Waals surface area contributed by atoms with Crippen molar-refractivity contribution in [3.05, 3.63) is 35.4 Å². The highest BCUT2D eigenvalue weighted by Gasteiger charge is 2.20. The molecule has 1 aliphatic rings. The smallest absolute Gasteiger partial charge is 0.251 e. The molecule has 1 fully saturated rings. The third kappa shape index (κ3) is 4.44. The van der Waals surface area contributed by atoms with E-state index in [-0.39, 0.29) is 5.91 Å². The molecule has 4 heteroatoms. The van der Waals surface area contributed by atoms with Gasteiger partial charge in [0.2, 0.25) is 0 Å². The molecule has 3 unspecified atom stereocenters. The minimum absolute atomic E-state index is 0.00663. The van der Waals surface area contributed by atoms with Crippen LogP contribution in [0.5, 0.6) is 0 Å². The number of rotatable bonds is 4. The van der Waals surface area contributed by atoms with E-state index in [1.54, 1.807) is 6.26 Å². The lowest BCUT2D eigenvalue weighted by atomic mass is 9.87. The second-order valence-corrected chi connectivity index (χ2v) is 7.30. The first kappa shape index (κ1) is 15.2. The van der Waals surface area contributed by atoms with E-state index in [2.05, 4.69) is 12.2 Å². The Labute approximate surface area is 123 Å². The zero-order valence-electron chi connectivity index (χ0n) is 12.2. The minimum Gasteiger partial charge on any atom is -0.349 e. The van der Waals surface area contributed by atoms with Gasteiger partial charge in [0, 0.05) is 34.4 Å². The third-order valence-electron chi connectivity index (χ3n) is 3.83. The number of amides is 1. The zero-order chi connectivity index (χ0) is 14.5. The Morgan fingerprint density at radius 3 is 2.90 bits per heavy atom. The lowest BCUT2D eigenvalue weighted by molar-refractivity contribution is 0.0921. The van der Waals surface area contributed by atoms with Crippen LogP contribution in [0.4, 0.5) is 0 Å². The van der Waals surface area contributed by atoms with Gasteiger partial charge >= 0.3 is 0 Å². The van der Waals surface area contributed by atoms with E-state index in [9.17, 15) is 9.00 Å². The molecule has 20 heavy (non-hydrogen) atoms. The van der Waals surface area contributed by atoms with Crippen molar-refractivity contribution in [2.24, 2.45) is 5.92 Å². The molecule has 0 spiro atoms. The molecule has 3 nitrogen and oxygen atoms in total. The topological polar surface area (TPSA) is 46.2 Å². The number of hydrogen-bond donors (Lipinski definition) is 1. The van der Waals surface area contributed by atoms with Gasteiger partial charge in [-0.05, 0) is 36.5 Å². The van der Waals surface area contributed by atoms with Crippen molar-refractivity contribution < 1.29 is 9.00 Å². The molecule has 1 N–H and O–H groups in total. The van der Waals surface area contributed by atoms with Crippen LogP contribution in [0.1, 0.15) is 48.5 Å². The fraction of sp³-hybridized carbons (Fsp3) is 0.562. The van der Waals surface area contributed by atoms with E-state index in [1.807, 2.05) is 24.3 Å². The Hall–Kier alpha value is -1.16. The van der Waals surface area contributed by atoms with Crippen molar-refractivity contribution >= 4 is 16.7 Å². The zero-order valence-corrected chi connectivity index (χ0v) is 13.0. The molecule has 3 atom stereocenters. The van der Waals surface area contributed by atoms with Gasteiger partial charge in [-0.15, -0.1) is 0 Å². The maximum Gasteiger partial charge on any atom is 0.251 e. The number of carbonyl (C=O) groups excluding carboxylic acids is 1. The highest BCUT2D eigenvalue weighted by Crippen LogP contribution is 2.23. The minimum atomic E-state index is -0.881. The summed E-state index contributed by atoms with van der Waals surface area (Å²) in [7, 11) is -0.881. The van der Waals surface area contributed by atoms with Crippen LogP contribution in [0.3, 0.4) is 0 Å². The molecular formula is C16H23NO2S. The first-order valence-electron chi connectivity index (χ1n) is 7.24. The molecule has 1 saturated carbocycles. The summed E-state index contributed by atoms with van der Waals surface area (Å²) in [4.78, 5) is 12.3. The van der Waals surface area contributed by atoms with Crippen LogP contribution in [0.15, 0.2) is 24.3 Å². The lowest BCUT2D eigenvalue weighted by Crippen LogP contribution is -2.38. The lowest BCUT2D eigenvalue weighted by Gasteiger charge is -2.27. The highest BCUT2D eigenvalue weighted by molar-refractivity contribution is 7.83. The Kier molecular flexibility index (Phi) is 5.35. The summed E-state index contributed by atoms with van der Waals surface area (Å²) < 4.78 is 11.3. The summed E-state index contributed by atoms with van der Waals surface area (Å²) >= 11 is 0. The van der Waals surface area contributed by atoms with Crippen LogP contribution in [0, 0.1) is 5.92 Å². The molecule has 1 aliphatic carbocycles. The average Bonchev–Trinajstić information content (AvgIpc) is 2.38. The maximum absolute atomic E-state index is 12.3. The molecule has 0 radical (unpaired) electrons. The van der Waals surface area contributed by atoms with Crippen molar-refractivity contribution in [3.8, 4) is 0 Å². The molecule has 0 heterocycles. The summed E-state index contributed by atoms with van der Waals surface area (Å²) in [5, 5.41) is 3.13. The highest BCUT2D eigenvalue weighted by atomic mass is 32.2. The maximum atomic E-state index is 12.3. The number of hydrogen-bond acceptors (Lipinski definition) is 2. The Morgan fingerprint density at radius 1 is 1.40 bits per heavy atom. The predicted octanol–water partition coefficient (Wildman–Crippen LogP) is 2.87. The van der Waals surface area contributed by atoms with Gasteiger partial charge in [-0.1, -0.05) is 31.9 Å². The van der Waals surface area contributed by atoms with Gasteiger partial charge in [0.15, 0.2) is 0 Å². The molecule has 1 aromatic carbocycles. The van der Waals surface area contributed by atoms with Crippen molar-refractivity contribution in [3.63, 3.8) is 0 Å². The van der Waals surface area contributed by atoms with Crippen LogP contribution in [-0.2, 0) is 16.6 Å². The van der Waals surface area contributed by atoms with E-state index >= 15 is 0 Å². The van der Waals surface area contributed by atoms with E-state index < -0.39 is 10.8 Å². The molecule has 1 aromatic rings. The Bertz CT molecular complexity index is 501. The van der Waals surface area contributed by atoms with Gasteiger partial charge in [0.25, 0.3) is 5.91 Å². The molecule has 0 aromatic heterocycles. The molecule has 0 bridgehead atoms. The van der Waals surface area contributed by atoms with Gasteiger partial charge < -0.3 is 5.32 Å². The summed E-state index contributed by atoms with van der Waals surface area (Å²) in [6, 6.07) is 7.75. The van der Waals surface area contributed by atoms with Crippen molar-refractivity contribution in [2.75, 3.05) is 6.26 Å². The van der Waals surface area contributed by atoms with E-state index in [0.29, 0.717) is 23.3 Å². The normalized spacial score (nSPS) is 24.1. The van der Waals surface area contributed by atoms with Crippen molar-refractivity contribution in [1.29, 1.82) is 0 Å². The summed E-state index contributed by atoms with van der Waals surface area (Å²) in [6.45, 7) is 2.25. The Morgan fingerprint density at radius 2 is 2.20 bits per heavy atom. The van der Waals surface area contributed by atoms with Crippen molar-refractivity contribution in [2.45, 2.75) is 44.4 Å². The van der Waals surface area contributed by atoms with Crippen LogP contribution in [0.25, 0.3) is 0 Å². The molecule has 1 amide bonds. The monoisotopic (exact) mass is 293 g/mol. The van der Waals surface area contributed by atoms with Gasteiger partial charge in [-0.3, -0.25) is 9.00 Å². The molecule has 0 aliphatic heterocycles. The number of nitrogens with one attached hydrogen (secondary N) is 1. The van der Waals surface area contributed by atoms with E-state index in [4.69, 9.17) is 0 Å². The largest absolute Gasteiger partial charge is 0.349 e. The molecule has 0 saturated heterocycles. The van der Waals surface area contributed by atoms with Gasteiger partial charge in [0.05, 0.1) is 0 Å². The number of benzene rings is 1. The average molecular weight is 293 g/mol. The predicted molar refractivity (Wildman–Crippen MR) is 83.1 cm³/mol. The summed E-state index contributed by atoms with van der Waals surface area (Å²) in [6.07, 6.45) is 6.29. The third-order valence-corrected chi connectivity index (χ3v) is 4.57. The second-order valence-electron chi connectivity index (χ2n) is 5.86. The summed E-state index contributed by atoms with van der Waals surface area (Å²) in [5.41, 5.74) is 1.63. The van der Waals surface area contributed by atoms with E-state index in [1.165, 1.54) is 12.8 Å². The number of carbonyl (C=O) groups is 1. The quantitative estimate of drug-likeness (QED) is 0.928. The van der Waals surface area contributed by atoms with Gasteiger partial charge in [-0.25, -0.2) is 0 Å². The fourth-order valence-electron chi connectivity index (χ4n) is 2.87. The first-order valence-corrected chi connectivity index (χ1v) is 8.97. The van der Waals surface area contributed by atoms with Gasteiger partial charge in [-0.2, -0.15) is 0 Å². The fourth-order valence-corrected chi connectivity index (χ4v) is 3.52. The SMILES string of the molecule is CC1CCCC(NC(=O)c2cccc(CS(C)=O)c2)C1. The Balaban J connectivity index is 1.99. The van der Waals surface area contributed by atoms with Crippen molar-refractivity contribution in [1.82, 2.24) is 5.32 Å². The molecule has 2 rings (SSSR count). The summed E-state index contributed by atoms with van der Waals surface area (Å²) in [5.74, 6) is 1.19. The van der Waals surface area contributed by atoms with Crippen LogP contribution >= 0.6 is 0 Å². The van der Waals surface area contributed by atoms with Crippen LogP contribution in [-0.4, -0.2) is 22.4 Å². The standard InChI is InChI=1S/C16H23NO2S/c1-12-5-3-8-15(9-12)17-16(18)14-7-4-6-13(10-14)11-20(2)19/h4,6-7,10,12,15H,3,5,8-9,11H2,1-2H3,(H,17,18).